The highest BCUT2D eigenvalue weighted by Gasteiger charge is 2.28. The molecule has 0 amide bonds. The number of esters is 1. The molecule has 0 N–H and O–H groups in total. The first-order valence-electron chi connectivity index (χ1n) is 6.62. The molecule has 0 atom stereocenters. The van der Waals surface area contributed by atoms with E-state index in [-0.39, 0.29) is 17.8 Å². The Bertz CT molecular complexity index is 689. The van der Waals surface area contributed by atoms with Crippen LogP contribution in [0.3, 0.4) is 0 Å². The average molecular weight is 335 g/mol. The van der Waals surface area contributed by atoms with E-state index >= 15 is 0 Å². The van der Waals surface area contributed by atoms with E-state index in [4.69, 9.17) is 4.74 Å². The minimum atomic E-state index is -0.818. The average Bonchev–Trinajstić information content (AvgIpc) is 2.53. The zero-order valence-electron chi connectivity index (χ0n) is 11.5. The fourth-order valence-electron chi connectivity index (χ4n) is 1.84. The highest BCUT2D eigenvalue weighted by molar-refractivity contribution is 7.99. The van der Waals surface area contributed by atoms with Gasteiger partial charge >= 0.3 is 5.97 Å². The van der Waals surface area contributed by atoms with Crippen LogP contribution in [0.4, 0.5) is 0 Å². The summed E-state index contributed by atoms with van der Waals surface area (Å²) in [6.45, 7) is 0. The van der Waals surface area contributed by atoms with E-state index in [0.29, 0.717) is 22.4 Å². The lowest BCUT2D eigenvalue weighted by Gasteiger charge is -2.24. The summed E-state index contributed by atoms with van der Waals surface area (Å²) in [4.78, 5) is 24.4. The van der Waals surface area contributed by atoms with Crippen LogP contribution in [0.2, 0.25) is 0 Å². The Balaban J connectivity index is 1.56. The van der Waals surface area contributed by atoms with Gasteiger partial charge in [-0.25, -0.2) is 9.97 Å². The summed E-state index contributed by atoms with van der Waals surface area (Å²) in [6.07, 6.45) is 3.14. The van der Waals surface area contributed by atoms with Crippen molar-refractivity contribution in [3.8, 4) is 11.4 Å². The van der Waals surface area contributed by atoms with Crippen LogP contribution in [0.5, 0.6) is 0 Å². The quantitative estimate of drug-likeness (QED) is 0.463. The van der Waals surface area contributed by atoms with Crippen LogP contribution in [0.1, 0.15) is 0 Å². The molecule has 0 aliphatic carbocycles. The third kappa shape index (κ3) is 3.89. The summed E-state index contributed by atoms with van der Waals surface area (Å²) in [5.74, 6) is 0.692. The molecule has 0 unspecified atom stereocenters. The van der Waals surface area contributed by atoms with Gasteiger partial charge in [-0.2, -0.15) is 0 Å². The molecule has 2 aromatic heterocycles. The maximum absolute atomic E-state index is 11.7. The van der Waals surface area contributed by atoms with Gasteiger partial charge in [0, 0.05) is 23.2 Å². The zero-order chi connectivity index (χ0) is 15.4. The lowest BCUT2D eigenvalue weighted by atomic mass is 10.3. The normalized spacial score (nSPS) is 20.2. The van der Waals surface area contributed by atoms with Crippen molar-refractivity contribution in [1.82, 2.24) is 15.0 Å². The molecule has 0 aromatic carbocycles. The van der Waals surface area contributed by atoms with E-state index in [1.54, 1.807) is 18.5 Å². The van der Waals surface area contributed by atoms with E-state index in [0.717, 1.165) is 5.69 Å². The van der Waals surface area contributed by atoms with Crippen molar-refractivity contribution in [2.75, 3.05) is 17.3 Å². The fraction of sp³-hybridized carbons (Fsp3) is 0.286. The van der Waals surface area contributed by atoms with Gasteiger partial charge in [-0.3, -0.25) is 14.0 Å². The first kappa shape index (κ1) is 15.1. The Labute approximate surface area is 134 Å². The molecule has 0 bridgehead atoms. The van der Waals surface area contributed by atoms with Crippen LogP contribution >= 0.6 is 11.8 Å². The fourth-order valence-corrected chi connectivity index (χ4v) is 3.33. The maximum Gasteiger partial charge on any atom is 0.316 e. The highest BCUT2D eigenvalue weighted by atomic mass is 32.2. The van der Waals surface area contributed by atoms with Crippen molar-refractivity contribution < 1.29 is 13.7 Å². The molecular formula is C14H13N3O3S2. The molecule has 3 rings (SSSR count). The number of ether oxygens (including phenoxy) is 1. The summed E-state index contributed by atoms with van der Waals surface area (Å²) in [7, 11) is -0.818. The van der Waals surface area contributed by atoms with Gasteiger partial charge in [0.1, 0.15) is 6.10 Å². The van der Waals surface area contributed by atoms with Gasteiger partial charge in [-0.1, -0.05) is 17.8 Å². The highest BCUT2D eigenvalue weighted by Crippen LogP contribution is 2.19. The summed E-state index contributed by atoms with van der Waals surface area (Å²) >= 11 is 1.21. The third-order valence-corrected chi connectivity index (χ3v) is 5.24. The Morgan fingerprint density at radius 2 is 2.09 bits per heavy atom. The van der Waals surface area contributed by atoms with Crippen molar-refractivity contribution >= 4 is 28.5 Å². The van der Waals surface area contributed by atoms with Crippen LogP contribution in [-0.2, 0) is 20.3 Å². The van der Waals surface area contributed by atoms with Crippen LogP contribution < -0.4 is 0 Å². The number of nitrogens with zero attached hydrogens (tertiary/aromatic N) is 3. The number of pyridine rings is 1. The number of thioether (sulfide) groups is 1. The minimum Gasteiger partial charge on any atom is -0.460 e. The summed E-state index contributed by atoms with van der Waals surface area (Å²) < 4.78 is 16.1. The largest absolute Gasteiger partial charge is 0.460 e. The summed E-state index contributed by atoms with van der Waals surface area (Å²) in [5.41, 5.74) is 1.46. The second kappa shape index (κ2) is 6.97. The topological polar surface area (TPSA) is 82.0 Å². The number of hydrogen-bond donors (Lipinski definition) is 0. The monoisotopic (exact) mass is 335 g/mol. The van der Waals surface area contributed by atoms with Gasteiger partial charge in [-0.15, -0.1) is 0 Å². The van der Waals surface area contributed by atoms with E-state index < -0.39 is 10.8 Å². The molecule has 1 aliphatic heterocycles. The van der Waals surface area contributed by atoms with Crippen molar-refractivity contribution in [2.24, 2.45) is 0 Å². The number of hydrogen-bond acceptors (Lipinski definition) is 7. The Morgan fingerprint density at radius 1 is 1.23 bits per heavy atom. The second-order valence-corrected chi connectivity index (χ2v) is 7.10. The maximum atomic E-state index is 11.7. The Hall–Kier alpha value is -1.80. The molecule has 0 saturated carbocycles. The van der Waals surface area contributed by atoms with Gasteiger partial charge in [0.15, 0.2) is 5.16 Å². The second-order valence-electron chi connectivity index (χ2n) is 4.61. The van der Waals surface area contributed by atoms with Gasteiger partial charge in [0.25, 0.3) is 0 Å². The SMILES string of the molecule is O=C(CSc1nccc(-c2ccccn2)n1)OC1CS(=O)C1. The van der Waals surface area contributed by atoms with E-state index in [2.05, 4.69) is 15.0 Å². The van der Waals surface area contributed by atoms with Crippen molar-refractivity contribution in [3.63, 3.8) is 0 Å². The van der Waals surface area contributed by atoms with Crippen molar-refractivity contribution in [3.05, 3.63) is 36.7 Å². The van der Waals surface area contributed by atoms with E-state index in [1.165, 1.54) is 11.8 Å². The molecule has 1 aliphatic rings. The first-order valence-corrected chi connectivity index (χ1v) is 9.10. The number of carbonyl (C=O) groups excluding carboxylic acids is 1. The van der Waals surface area contributed by atoms with Crippen molar-refractivity contribution in [1.29, 1.82) is 0 Å². The summed E-state index contributed by atoms with van der Waals surface area (Å²) in [5, 5.41) is 0.497. The molecule has 114 valence electrons. The molecule has 0 radical (unpaired) electrons. The number of rotatable bonds is 5. The van der Waals surface area contributed by atoms with Crippen LogP contribution in [0, 0.1) is 0 Å². The van der Waals surface area contributed by atoms with E-state index in [1.807, 2.05) is 18.2 Å². The molecule has 1 fully saturated rings. The first-order chi connectivity index (χ1) is 10.7. The molecule has 6 nitrogen and oxygen atoms in total. The zero-order valence-corrected chi connectivity index (χ0v) is 13.2. The van der Waals surface area contributed by atoms with Gasteiger partial charge < -0.3 is 4.74 Å². The predicted molar refractivity (Wildman–Crippen MR) is 83.7 cm³/mol. The third-order valence-electron chi connectivity index (χ3n) is 2.92. The lowest BCUT2D eigenvalue weighted by molar-refractivity contribution is -0.144. The van der Waals surface area contributed by atoms with Gasteiger partial charge in [0.05, 0.1) is 28.6 Å². The predicted octanol–water partition coefficient (Wildman–Crippen LogP) is 1.30. The van der Waals surface area contributed by atoms with Gasteiger partial charge in [-0.05, 0) is 18.2 Å². The molecule has 0 spiro atoms. The molecule has 22 heavy (non-hydrogen) atoms. The Kier molecular flexibility index (Phi) is 4.79. The van der Waals surface area contributed by atoms with Crippen molar-refractivity contribution in [2.45, 2.75) is 11.3 Å². The van der Waals surface area contributed by atoms with Crippen LogP contribution in [-0.4, -0.2) is 48.5 Å². The molecule has 8 heteroatoms. The number of aromatic nitrogens is 3. The van der Waals surface area contributed by atoms with Gasteiger partial charge in [0.2, 0.25) is 0 Å². The van der Waals surface area contributed by atoms with E-state index in [9.17, 15) is 9.00 Å². The van der Waals surface area contributed by atoms with Crippen LogP contribution in [0.25, 0.3) is 11.4 Å². The molecule has 3 heterocycles. The lowest BCUT2D eigenvalue weighted by Crippen LogP contribution is -2.40. The van der Waals surface area contributed by atoms with Crippen LogP contribution in [0.15, 0.2) is 41.8 Å². The molecule has 1 saturated heterocycles. The molecular weight excluding hydrogens is 322 g/mol. The molecule has 2 aromatic rings. The number of carbonyl (C=O) groups is 1. The Morgan fingerprint density at radius 3 is 2.82 bits per heavy atom. The standard InChI is InChI=1S/C14H13N3O3S2/c18-13(20-10-8-22(19)9-10)7-21-14-16-6-4-12(17-14)11-3-1-2-5-15-11/h1-6,10H,7-9H2. The minimum absolute atomic E-state index is 0.134. The summed E-state index contributed by atoms with van der Waals surface area (Å²) in [6, 6.07) is 7.36. The smallest absolute Gasteiger partial charge is 0.316 e.